The van der Waals surface area contributed by atoms with Gasteiger partial charge in [0.1, 0.15) is 0 Å². The summed E-state index contributed by atoms with van der Waals surface area (Å²) in [6.45, 7) is 9.62. The Labute approximate surface area is 129 Å². The molecule has 1 aromatic rings. The molecule has 0 spiro atoms. The number of rotatable bonds is 8. The number of benzene rings is 1. The Morgan fingerprint density at radius 2 is 1.95 bits per heavy atom. The third-order valence-electron chi connectivity index (χ3n) is 3.89. The Morgan fingerprint density at radius 1 is 1.29 bits per heavy atom. The number of hydrogen-bond donors (Lipinski definition) is 1. The summed E-state index contributed by atoms with van der Waals surface area (Å²) in [6, 6.07) is 5.40. The predicted octanol–water partition coefficient (Wildman–Crippen LogP) is 2.91. The fourth-order valence-corrected chi connectivity index (χ4v) is 3.70. The molecular formula is C16H28N2O2S. The molecule has 1 unspecified atom stereocenters. The molecule has 0 radical (unpaired) electrons. The summed E-state index contributed by atoms with van der Waals surface area (Å²) < 4.78 is 26.9. The first-order chi connectivity index (χ1) is 9.84. The Morgan fingerprint density at radius 3 is 2.52 bits per heavy atom. The van der Waals surface area contributed by atoms with Gasteiger partial charge in [0.05, 0.1) is 4.90 Å². The highest BCUT2D eigenvalue weighted by molar-refractivity contribution is 7.89. The van der Waals surface area contributed by atoms with E-state index in [1.165, 1.54) is 4.31 Å². The molecule has 0 bridgehead atoms. The fourth-order valence-electron chi connectivity index (χ4n) is 2.26. The molecule has 0 aliphatic carbocycles. The summed E-state index contributed by atoms with van der Waals surface area (Å²) in [5, 5.41) is 3.25. The van der Waals surface area contributed by atoms with Crippen molar-refractivity contribution in [2.75, 3.05) is 13.6 Å². The van der Waals surface area contributed by atoms with Gasteiger partial charge in [0.2, 0.25) is 10.0 Å². The van der Waals surface area contributed by atoms with Gasteiger partial charge in [-0.3, -0.25) is 0 Å². The van der Waals surface area contributed by atoms with Gasteiger partial charge in [0, 0.05) is 19.6 Å². The second-order valence-electron chi connectivity index (χ2n) is 5.53. The molecule has 0 aliphatic rings. The van der Waals surface area contributed by atoms with Gasteiger partial charge in [0.15, 0.2) is 0 Å². The topological polar surface area (TPSA) is 49.4 Å². The standard InChI is InChI=1S/C16H28N2O2S/c1-6-8-14(4)18(5)21(19,20)16-10-9-13(3)15(11-16)12-17-7-2/h9-11,14,17H,6-8,12H2,1-5H3. The second-order valence-corrected chi connectivity index (χ2v) is 7.53. The third-order valence-corrected chi connectivity index (χ3v) is 5.86. The van der Waals surface area contributed by atoms with Crippen LogP contribution in [0, 0.1) is 6.92 Å². The maximum atomic E-state index is 12.7. The minimum Gasteiger partial charge on any atom is -0.313 e. The summed E-state index contributed by atoms with van der Waals surface area (Å²) in [4.78, 5) is 0.381. The zero-order chi connectivity index (χ0) is 16.0. The van der Waals surface area contributed by atoms with E-state index in [9.17, 15) is 8.42 Å². The summed E-state index contributed by atoms with van der Waals surface area (Å²) in [6.07, 6.45) is 1.84. The molecule has 0 saturated carbocycles. The lowest BCUT2D eigenvalue weighted by atomic mass is 10.1. The number of nitrogens with zero attached hydrogens (tertiary/aromatic N) is 1. The zero-order valence-corrected chi connectivity index (χ0v) is 14.6. The lowest BCUT2D eigenvalue weighted by Crippen LogP contribution is -2.35. The first kappa shape index (κ1) is 18.1. The maximum absolute atomic E-state index is 12.7. The monoisotopic (exact) mass is 312 g/mol. The van der Waals surface area contributed by atoms with Gasteiger partial charge in [-0.2, -0.15) is 4.31 Å². The van der Waals surface area contributed by atoms with Gasteiger partial charge < -0.3 is 5.32 Å². The fraction of sp³-hybridized carbons (Fsp3) is 0.625. The van der Waals surface area contributed by atoms with E-state index in [4.69, 9.17) is 0 Å². The molecule has 0 amide bonds. The Hall–Kier alpha value is -0.910. The van der Waals surface area contributed by atoms with E-state index < -0.39 is 10.0 Å². The predicted molar refractivity (Wildman–Crippen MR) is 87.9 cm³/mol. The van der Waals surface area contributed by atoms with Crippen molar-refractivity contribution in [1.82, 2.24) is 9.62 Å². The normalized spacial score (nSPS) is 13.6. The lowest BCUT2D eigenvalue weighted by molar-refractivity contribution is 0.368. The van der Waals surface area contributed by atoms with E-state index >= 15 is 0 Å². The second kappa shape index (κ2) is 7.92. The molecule has 0 heterocycles. The maximum Gasteiger partial charge on any atom is 0.243 e. The van der Waals surface area contributed by atoms with Crippen LogP contribution < -0.4 is 5.32 Å². The molecule has 4 nitrogen and oxygen atoms in total. The van der Waals surface area contributed by atoms with Gasteiger partial charge in [-0.05, 0) is 50.1 Å². The zero-order valence-electron chi connectivity index (χ0n) is 13.8. The smallest absolute Gasteiger partial charge is 0.243 e. The summed E-state index contributed by atoms with van der Waals surface area (Å²) in [5.74, 6) is 0. The summed E-state index contributed by atoms with van der Waals surface area (Å²) in [5.41, 5.74) is 2.15. The van der Waals surface area contributed by atoms with Crippen LogP contribution in [0.1, 0.15) is 44.7 Å². The van der Waals surface area contributed by atoms with Crippen LogP contribution in [0.4, 0.5) is 0 Å². The highest BCUT2D eigenvalue weighted by atomic mass is 32.2. The molecule has 0 fully saturated rings. The Kier molecular flexibility index (Phi) is 6.84. The first-order valence-electron chi connectivity index (χ1n) is 7.62. The third kappa shape index (κ3) is 4.53. The molecule has 0 saturated heterocycles. The average molecular weight is 312 g/mol. The first-order valence-corrected chi connectivity index (χ1v) is 9.06. The quantitative estimate of drug-likeness (QED) is 0.803. The van der Waals surface area contributed by atoms with Crippen LogP contribution in [-0.2, 0) is 16.6 Å². The van der Waals surface area contributed by atoms with E-state index in [2.05, 4.69) is 12.2 Å². The Bertz CT molecular complexity index is 555. The lowest BCUT2D eigenvalue weighted by Gasteiger charge is -2.24. The molecule has 0 aromatic heterocycles. The highest BCUT2D eigenvalue weighted by Gasteiger charge is 2.25. The molecule has 0 aliphatic heterocycles. The van der Waals surface area contributed by atoms with Crippen LogP contribution in [-0.4, -0.2) is 32.4 Å². The minimum absolute atomic E-state index is 0.0125. The molecular weight excluding hydrogens is 284 g/mol. The highest BCUT2D eigenvalue weighted by Crippen LogP contribution is 2.21. The molecule has 5 heteroatoms. The van der Waals surface area contributed by atoms with Crippen LogP contribution in [0.5, 0.6) is 0 Å². The molecule has 120 valence electrons. The van der Waals surface area contributed by atoms with Crippen molar-refractivity contribution in [3.63, 3.8) is 0 Å². The van der Waals surface area contributed by atoms with E-state index in [0.29, 0.717) is 11.4 Å². The van der Waals surface area contributed by atoms with Gasteiger partial charge >= 0.3 is 0 Å². The minimum atomic E-state index is -3.42. The van der Waals surface area contributed by atoms with Crippen LogP contribution in [0.15, 0.2) is 23.1 Å². The van der Waals surface area contributed by atoms with Crippen molar-refractivity contribution in [2.45, 2.75) is 58.0 Å². The van der Waals surface area contributed by atoms with Gasteiger partial charge in [-0.15, -0.1) is 0 Å². The van der Waals surface area contributed by atoms with Crippen LogP contribution in [0.3, 0.4) is 0 Å². The largest absolute Gasteiger partial charge is 0.313 e. The van der Waals surface area contributed by atoms with Gasteiger partial charge in [-0.25, -0.2) is 8.42 Å². The van der Waals surface area contributed by atoms with Crippen LogP contribution >= 0.6 is 0 Å². The van der Waals surface area contributed by atoms with Crippen LogP contribution in [0.2, 0.25) is 0 Å². The number of hydrogen-bond acceptors (Lipinski definition) is 3. The molecule has 1 N–H and O–H groups in total. The molecule has 1 aromatic carbocycles. The number of sulfonamides is 1. The average Bonchev–Trinajstić information content (AvgIpc) is 2.45. The molecule has 21 heavy (non-hydrogen) atoms. The van der Waals surface area contributed by atoms with E-state index in [1.807, 2.05) is 26.8 Å². The SMILES string of the molecule is CCCC(C)N(C)S(=O)(=O)c1ccc(C)c(CNCC)c1. The van der Waals surface area contributed by atoms with Crippen molar-refractivity contribution >= 4 is 10.0 Å². The van der Waals surface area contributed by atoms with Gasteiger partial charge in [-0.1, -0.05) is 26.3 Å². The van der Waals surface area contributed by atoms with Crippen molar-refractivity contribution < 1.29 is 8.42 Å². The molecule has 1 atom stereocenters. The van der Waals surface area contributed by atoms with Gasteiger partial charge in [0.25, 0.3) is 0 Å². The van der Waals surface area contributed by atoms with E-state index in [0.717, 1.165) is 30.5 Å². The van der Waals surface area contributed by atoms with Crippen molar-refractivity contribution in [1.29, 1.82) is 0 Å². The van der Waals surface area contributed by atoms with Crippen molar-refractivity contribution in [3.8, 4) is 0 Å². The van der Waals surface area contributed by atoms with E-state index in [1.54, 1.807) is 19.2 Å². The summed E-state index contributed by atoms with van der Waals surface area (Å²) >= 11 is 0. The summed E-state index contributed by atoms with van der Waals surface area (Å²) in [7, 11) is -1.75. The van der Waals surface area contributed by atoms with Crippen molar-refractivity contribution in [3.05, 3.63) is 29.3 Å². The number of nitrogens with one attached hydrogen (secondary N) is 1. The van der Waals surface area contributed by atoms with E-state index in [-0.39, 0.29) is 6.04 Å². The van der Waals surface area contributed by atoms with Crippen LogP contribution in [0.25, 0.3) is 0 Å². The number of aryl methyl sites for hydroxylation is 1. The van der Waals surface area contributed by atoms with Crippen molar-refractivity contribution in [2.24, 2.45) is 0 Å². The Balaban J connectivity index is 3.08. The molecule has 1 rings (SSSR count).